The molecular formula is C28H29BrN2O5S. The molecule has 0 N–H and O–H groups in total. The maximum absolute atomic E-state index is 13.9. The summed E-state index contributed by atoms with van der Waals surface area (Å²) in [5.74, 6) is 0.830. The average Bonchev–Trinajstić information content (AvgIpc) is 3.19. The first-order chi connectivity index (χ1) is 17.8. The van der Waals surface area contributed by atoms with E-state index in [2.05, 4.69) is 15.9 Å². The first-order valence-corrected chi connectivity index (χ1v) is 13.6. The first kappa shape index (κ1) is 26.9. The van der Waals surface area contributed by atoms with E-state index in [4.69, 9.17) is 19.2 Å². The molecule has 2 heterocycles. The van der Waals surface area contributed by atoms with E-state index in [9.17, 15) is 9.59 Å². The number of carbonyl (C=O) groups is 1. The number of ether oxygens (including phenoxy) is 3. The van der Waals surface area contributed by atoms with E-state index in [-0.39, 0.29) is 12.2 Å². The molecule has 1 aromatic heterocycles. The standard InChI is InChI=1S/C28H29BrN2O5S/c1-6-8-21-24(27(33)36-7-2)25(20-15-18(29)10-12-22(20)35-5)31-26(32)23(37-28(31)30-21)14-17-9-11-19(34-4)13-16(17)3/h9-15,25H,6-8H2,1-5H3/b23-14+/t25-/m0/s1. The number of rotatable bonds is 8. The van der Waals surface area contributed by atoms with Crippen molar-refractivity contribution in [2.24, 2.45) is 4.99 Å². The molecule has 0 amide bonds. The Morgan fingerprint density at radius 1 is 1.16 bits per heavy atom. The summed E-state index contributed by atoms with van der Waals surface area (Å²) in [4.78, 5) is 32.6. The third kappa shape index (κ3) is 5.29. The monoisotopic (exact) mass is 584 g/mol. The Bertz CT molecular complexity index is 1550. The van der Waals surface area contributed by atoms with Crippen molar-refractivity contribution in [3.05, 3.63) is 88.5 Å². The van der Waals surface area contributed by atoms with Crippen molar-refractivity contribution in [3.8, 4) is 11.5 Å². The summed E-state index contributed by atoms with van der Waals surface area (Å²) in [5, 5.41) is 0. The Morgan fingerprint density at radius 2 is 1.95 bits per heavy atom. The first-order valence-electron chi connectivity index (χ1n) is 12.0. The van der Waals surface area contributed by atoms with Crippen molar-refractivity contribution >= 4 is 39.3 Å². The number of benzene rings is 2. The quantitative estimate of drug-likeness (QED) is 0.360. The predicted octanol–water partition coefficient (Wildman–Crippen LogP) is 4.67. The molecule has 7 nitrogen and oxygen atoms in total. The van der Waals surface area contributed by atoms with E-state index < -0.39 is 12.0 Å². The van der Waals surface area contributed by atoms with Crippen molar-refractivity contribution in [2.75, 3.05) is 20.8 Å². The SMILES string of the molecule is CCCC1=C(C(=O)OCC)[C@H](c2cc(Br)ccc2OC)n2c(s/c(=C/c3ccc(OC)cc3C)c2=O)=N1. The fourth-order valence-corrected chi connectivity index (χ4v) is 5.80. The van der Waals surface area contributed by atoms with Gasteiger partial charge in [-0.3, -0.25) is 9.36 Å². The normalized spacial score (nSPS) is 15.3. The summed E-state index contributed by atoms with van der Waals surface area (Å²) >= 11 is 4.85. The van der Waals surface area contributed by atoms with Gasteiger partial charge in [-0.25, -0.2) is 9.79 Å². The average molecular weight is 586 g/mol. The minimum atomic E-state index is -0.747. The van der Waals surface area contributed by atoms with Crippen LogP contribution in [0.4, 0.5) is 0 Å². The zero-order valence-electron chi connectivity index (χ0n) is 21.5. The molecule has 0 aliphatic carbocycles. The van der Waals surface area contributed by atoms with Crippen molar-refractivity contribution in [2.45, 2.75) is 39.7 Å². The fourth-order valence-electron chi connectivity index (χ4n) is 4.41. The Balaban J connectivity index is 2.04. The second-order valence-corrected chi connectivity index (χ2v) is 10.4. The van der Waals surface area contributed by atoms with Gasteiger partial charge in [-0.05, 0) is 67.8 Å². The summed E-state index contributed by atoms with van der Waals surface area (Å²) in [5.41, 5.74) is 3.32. The van der Waals surface area contributed by atoms with Crippen LogP contribution in [0.15, 0.2) is 61.9 Å². The lowest BCUT2D eigenvalue weighted by Gasteiger charge is -2.27. The van der Waals surface area contributed by atoms with E-state index in [1.807, 2.05) is 56.3 Å². The molecule has 0 radical (unpaired) electrons. The van der Waals surface area contributed by atoms with Gasteiger partial charge in [-0.15, -0.1) is 0 Å². The number of allylic oxidation sites excluding steroid dienone is 1. The van der Waals surface area contributed by atoms with Gasteiger partial charge in [0.25, 0.3) is 5.56 Å². The van der Waals surface area contributed by atoms with Crippen LogP contribution in [0.1, 0.15) is 49.4 Å². The van der Waals surface area contributed by atoms with Crippen LogP contribution in [0.3, 0.4) is 0 Å². The van der Waals surface area contributed by atoms with Gasteiger partial charge in [0.1, 0.15) is 17.5 Å². The number of hydrogen-bond donors (Lipinski definition) is 0. The Labute approximate surface area is 227 Å². The van der Waals surface area contributed by atoms with Crippen molar-refractivity contribution in [1.82, 2.24) is 4.57 Å². The van der Waals surface area contributed by atoms with Crippen LogP contribution in [0.5, 0.6) is 11.5 Å². The molecule has 0 fully saturated rings. The van der Waals surface area contributed by atoms with Crippen LogP contribution in [0, 0.1) is 6.92 Å². The van der Waals surface area contributed by atoms with Crippen molar-refractivity contribution < 1.29 is 19.0 Å². The van der Waals surface area contributed by atoms with Gasteiger partial charge in [0, 0.05) is 10.0 Å². The fraction of sp³-hybridized carbons (Fsp3) is 0.321. The smallest absolute Gasteiger partial charge is 0.338 e. The molecule has 1 aliphatic rings. The summed E-state index contributed by atoms with van der Waals surface area (Å²) in [6.45, 7) is 5.98. The number of nitrogens with zero attached hydrogens (tertiary/aromatic N) is 2. The molecule has 0 spiro atoms. The number of aryl methyl sites for hydroxylation is 1. The number of fused-ring (bicyclic) bond motifs is 1. The zero-order valence-corrected chi connectivity index (χ0v) is 23.9. The van der Waals surface area contributed by atoms with E-state index in [0.717, 1.165) is 27.8 Å². The van der Waals surface area contributed by atoms with E-state index in [1.165, 1.54) is 11.3 Å². The predicted molar refractivity (Wildman–Crippen MR) is 148 cm³/mol. The van der Waals surface area contributed by atoms with E-state index >= 15 is 0 Å². The molecule has 0 unspecified atom stereocenters. The summed E-state index contributed by atoms with van der Waals surface area (Å²) in [7, 11) is 3.20. The number of hydrogen-bond acceptors (Lipinski definition) is 7. The van der Waals surface area contributed by atoms with Gasteiger partial charge in [-0.2, -0.15) is 0 Å². The molecule has 1 aliphatic heterocycles. The highest BCUT2D eigenvalue weighted by atomic mass is 79.9. The topological polar surface area (TPSA) is 79.1 Å². The number of carbonyl (C=O) groups excluding carboxylic acids is 1. The van der Waals surface area contributed by atoms with Crippen LogP contribution in [-0.2, 0) is 9.53 Å². The van der Waals surface area contributed by atoms with Crippen LogP contribution in [0.2, 0.25) is 0 Å². The van der Waals surface area contributed by atoms with Crippen molar-refractivity contribution in [3.63, 3.8) is 0 Å². The number of methoxy groups -OCH3 is 2. The van der Waals surface area contributed by atoms with Gasteiger partial charge in [0.2, 0.25) is 0 Å². The third-order valence-corrected chi connectivity index (χ3v) is 7.62. The highest BCUT2D eigenvalue weighted by Crippen LogP contribution is 2.38. The molecule has 0 saturated heterocycles. The van der Waals surface area contributed by atoms with Crippen molar-refractivity contribution in [1.29, 1.82) is 0 Å². The van der Waals surface area contributed by atoms with E-state index in [1.54, 1.807) is 25.7 Å². The number of thiazole rings is 1. The van der Waals surface area contributed by atoms with Crippen LogP contribution < -0.4 is 24.4 Å². The number of esters is 1. The molecule has 4 rings (SSSR count). The Hall–Kier alpha value is -3.17. The lowest BCUT2D eigenvalue weighted by Crippen LogP contribution is -2.40. The highest BCUT2D eigenvalue weighted by molar-refractivity contribution is 9.10. The third-order valence-electron chi connectivity index (χ3n) is 6.14. The molecule has 37 heavy (non-hydrogen) atoms. The maximum atomic E-state index is 13.9. The molecule has 1 atom stereocenters. The lowest BCUT2D eigenvalue weighted by atomic mass is 9.93. The second kappa shape index (κ2) is 11.5. The maximum Gasteiger partial charge on any atom is 0.338 e. The minimum Gasteiger partial charge on any atom is -0.497 e. The largest absolute Gasteiger partial charge is 0.497 e. The molecule has 9 heteroatoms. The Morgan fingerprint density at radius 3 is 2.59 bits per heavy atom. The van der Waals surface area contributed by atoms with Gasteiger partial charge in [0.05, 0.1) is 36.6 Å². The molecule has 194 valence electrons. The summed E-state index contributed by atoms with van der Waals surface area (Å²) in [6, 6.07) is 10.5. The number of aromatic nitrogens is 1. The van der Waals surface area contributed by atoms with Crippen LogP contribution in [0.25, 0.3) is 6.08 Å². The molecule has 0 saturated carbocycles. The van der Waals surface area contributed by atoms with Gasteiger partial charge < -0.3 is 14.2 Å². The molecule has 2 aromatic carbocycles. The highest BCUT2D eigenvalue weighted by Gasteiger charge is 2.36. The van der Waals surface area contributed by atoms with Crippen LogP contribution in [-0.4, -0.2) is 31.4 Å². The summed E-state index contributed by atoms with van der Waals surface area (Å²) < 4.78 is 19.4. The Kier molecular flexibility index (Phi) is 8.34. The molecule has 0 bridgehead atoms. The second-order valence-electron chi connectivity index (χ2n) is 8.52. The lowest BCUT2D eigenvalue weighted by molar-refractivity contribution is -0.139. The molecular weight excluding hydrogens is 556 g/mol. The van der Waals surface area contributed by atoms with Crippen LogP contribution >= 0.6 is 27.3 Å². The van der Waals surface area contributed by atoms with E-state index in [0.29, 0.717) is 38.3 Å². The minimum absolute atomic E-state index is 0.214. The zero-order chi connectivity index (χ0) is 26.7. The van der Waals surface area contributed by atoms with Gasteiger partial charge >= 0.3 is 5.97 Å². The van der Waals surface area contributed by atoms with Gasteiger partial charge in [0.15, 0.2) is 4.80 Å². The molecule has 3 aromatic rings. The summed E-state index contributed by atoms with van der Waals surface area (Å²) in [6.07, 6.45) is 3.22. The number of halogens is 1. The van der Waals surface area contributed by atoms with Gasteiger partial charge in [-0.1, -0.05) is 46.7 Å².